The monoisotopic (exact) mass is 289 g/mol. The van der Waals surface area contributed by atoms with Crippen LogP contribution in [-0.2, 0) is 4.74 Å². The maximum Gasteiger partial charge on any atom is 0.338 e. The molecule has 1 aromatic carbocycles. The van der Waals surface area contributed by atoms with Gasteiger partial charge in [0, 0.05) is 11.5 Å². The number of nitrogens with two attached hydrogens (primary N) is 1. The number of aromatic carboxylic acids is 1. The topological polar surface area (TPSA) is 98.3 Å². The summed E-state index contributed by atoms with van der Waals surface area (Å²) in [7, 11) is 0. The minimum atomic E-state index is -1.32. The van der Waals surface area contributed by atoms with Crippen molar-refractivity contribution in [2.75, 3.05) is 18.9 Å². The SMILES string of the molecule is Nc1ncc(C2COC2)nc1-c1ccc(C(=O)O)c(F)c1. The van der Waals surface area contributed by atoms with E-state index in [1.54, 1.807) is 6.20 Å². The highest BCUT2D eigenvalue weighted by atomic mass is 19.1. The molecule has 1 saturated heterocycles. The van der Waals surface area contributed by atoms with Crippen LogP contribution in [0.3, 0.4) is 0 Å². The van der Waals surface area contributed by atoms with Gasteiger partial charge in [-0.3, -0.25) is 0 Å². The number of hydrogen-bond donors (Lipinski definition) is 2. The van der Waals surface area contributed by atoms with Gasteiger partial charge in [-0.2, -0.15) is 0 Å². The molecule has 0 radical (unpaired) electrons. The van der Waals surface area contributed by atoms with Crippen molar-refractivity contribution in [2.24, 2.45) is 0 Å². The molecule has 1 fully saturated rings. The molecule has 3 rings (SSSR count). The zero-order chi connectivity index (χ0) is 15.0. The lowest BCUT2D eigenvalue weighted by molar-refractivity contribution is 0.00662. The largest absolute Gasteiger partial charge is 0.478 e. The average Bonchev–Trinajstić information content (AvgIpc) is 2.38. The molecule has 21 heavy (non-hydrogen) atoms. The fraction of sp³-hybridized carbons (Fsp3) is 0.214. The quantitative estimate of drug-likeness (QED) is 0.892. The Morgan fingerprint density at radius 2 is 2.19 bits per heavy atom. The third-order valence-corrected chi connectivity index (χ3v) is 3.35. The standard InChI is InChI=1S/C14H12FN3O3/c15-10-3-7(1-2-9(10)14(19)20)12-13(16)17-4-11(18-12)8-5-21-6-8/h1-4,8H,5-6H2,(H2,16,17)(H,19,20). The molecule has 6 nitrogen and oxygen atoms in total. The van der Waals surface area contributed by atoms with Crippen LogP contribution in [0.5, 0.6) is 0 Å². The first-order chi connectivity index (χ1) is 10.1. The van der Waals surface area contributed by atoms with Gasteiger partial charge in [-0.15, -0.1) is 0 Å². The molecule has 7 heteroatoms. The fourth-order valence-electron chi connectivity index (χ4n) is 2.06. The highest BCUT2D eigenvalue weighted by Crippen LogP contribution is 2.28. The van der Waals surface area contributed by atoms with Crippen molar-refractivity contribution in [3.05, 3.63) is 41.5 Å². The Kier molecular flexibility index (Phi) is 3.26. The van der Waals surface area contributed by atoms with Gasteiger partial charge in [0.2, 0.25) is 0 Å². The van der Waals surface area contributed by atoms with Gasteiger partial charge in [-0.1, -0.05) is 6.07 Å². The van der Waals surface area contributed by atoms with Crippen molar-refractivity contribution in [3.63, 3.8) is 0 Å². The Labute approximate surface area is 119 Å². The van der Waals surface area contributed by atoms with Crippen LogP contribution in [0.25, 0.3) is 11.3 Å². The number of anilines is 1. The first kappa shape index (κ1) is 13.4. The van der Waals surface area contributed by atoms with Crippen molar-refractivity contribution >= 4 is 11.8 Å². The molecule has 1 aromatic heterocycles. The number of halogens is 1. The molecule has 0 bridgehead atoms. The highest BCUT2D eigenvalue weighted by Gasteiger charge is 2.23. The smallest absolute Gasteiger partial charge is 0.338 e. The summed E-state index contributed by atoms with van der Waals surface area (Å²) in [6.45, 7) is 1.15. The summed E-state index contributed by atoms with van der Waals surface area (Å²) in [6, 6.07) is 3.76. The van der Waals surface area contributed by atoms with E-state index in [1.807, 2.05) is 0 Å². The summed E-state index contributed by atoms with van der Waals surface area (Å²) in [5.74, 6) is -1.82. The molecule has 0 saturated carbocycles. The highest BCUT2D eigenvalue weighted by molar-refractivity contribution is 5.88. The van der Waals surface area contributed by atoms with E-state index in [1.165, 1.54) is 12.1 Å². The van der Waals surface area contributed by atoms with Crippen molar-refractivity contribution in [1.82, 2.24) is 9.97 Å². The molecular weight excluding hydrogens is 277 g/mol. The summed E-state index contributed by atoms with van der Waals surface area (Å²) in [6.07, 6.45) is 1.58. The maximum atomic E-state index is 13.8. The van der Waals surface area contributed by atoms with Gasteiger partial charge < -0.3 is 15.6 Å². The van der Waals surface area contributed by atoms with Crippen LogP contribution < -0.4 is 5.73 Å². The zero-order valence-corrected chi connectivity index (χ0v) is 10.9. The molecule has 2 heterocycles. The number of carboxylic acids is 1. The van der Waals surface area contributed by atoms with Crippen LogP contribution in [0.2, 0.25) is 0 Å². The number of aromatic nitrogens is 2. The Balaban J connectivity index is 2.03. The Bertz CT molecular complexity index is 717. The molecular formula is C14H12FN3O3. The van der Waals surface area contributed by atoms with Crippen LogP contribution in [-0.4, -0.2) is 34.3 Å². The van der Waals surface area contributed by atoms with Crippen LogP contribution in [0.4, 0.5) is 10.2 Å². The normalized spacial score (nSPS) is 14.7. The number of ether oxygens (including phenoxy) is 1. The Hall–Kier alpha value is -2.54. The molecule has 108 valence electrons. The Morgan fingerprint density at radius 1 is 1.43 bits per heavy atom. The third-order valence-electron chi connectivity index (χ3n) is 3.35. The van der Waals surface area contributed by atoms with E-state index in [2.05, 4.69) is 9.97 Å². The molecule has 0 amide bonds. The van der Waals surface area contributed by atoms with Crippen LogP contribution in [0.15, 0.2) is 24.4 Å². The zero-order valence-electron chi connectivity index (χ0n) is 10.9. The molecule has 2 aromatic rings. The van der Waals surface area contributed by atoms with E-state index < -0.39 is 17.3 Å². The minimum Gasteiger partial charge on any atom is -0.478 e. The number of nitrogen functional groups attached to an aromatic ring is 1. The number of hydrogen-bond acceptors (Lipinski definition) is 5. The number of carbonyl (C=O) groups is 1. The van der Waals surface area contributed by atoms with Gasteiger partial charge in [-0.05, 0) is 12.1 Å². The molecule has 3 N–H and O–H groups in total. The average molecular weight is 289 g/mol. The summed E-state index contributed by atoms with van der Waals surface area (Å²) < 4.78 is 18.9. The van der Waals surface area contributed by atoms with Gasteiger partial charge in [-0.25, -0.2) is 19.2 Å². The van der Waals surface area contributed by atoms with Crippen molar-refractivity contribution in [3.8, 4) is 11.3 Å². The lowest BCUT2D eigenvalue weighted by atomic mass is 10.0. The second-order valence-electron chi connectivity index (χ2n) is 4.76. The molecule has 0 spiro atoms. The van der Waals surface area contributed by atoms with Gasteiger partial charge >= 0.3 is 5.97 Å². The lowest BCUT2D eigenvalue weighted by Crippen LogP contribution is -2.26. The summed E-state index contributed by atoms with van der Waals surface area (Å²) in [5, 5.41) is 8.83. The van der Waals surface area contributed by atoms with E-state index >= 15 is 0 Å². The molecule has 1 aliphatic heterocycles. The number of rotatable bonds is 3. The second kappa shape index (κ2) is 5.10. The molecule has 0 atom stereocenters. The fourth-order valence-corrected chi connectivity index (χ4v) is 2.06. The van der Waals surface area contributed by atoms with E-state index in [-0.39, 0.29) is 11.7 Å². The second-order valence-corrected chi connectivity index (χ2v) is 4.76. The summed E-state index contributed by atoms with van der Waals surface area (Å²) in [5.41, 5.74) is 6.86. The maximum absolute atomic E-state index is 13.8. The predicted octanol–water partition coefficient (Wildman–Crippen LogP) is 1.68. The van der Waals surface area contributed by atoms with E-state index in [9.17, 15) is 9.18 Å². The van der Waals surface area contributed by atoms with Crippen LogP contribution in [0.1, 0.15) is 22.0 Å². The van der Waals surface area contributed by atoms with E-state index in [0.29, 0.717) is 24.5 Å². The van der Waals surface area contributed by atoms with Crippen molar-refractivity contribution in [2.45, 2.75) is 5.92 Å². The third kappa shape index (κ3) is 2.43. The molecule has 0 unspecified atom stereocenters. The lowest BCUT2D eigenvalue weighted by Gasteiger charge is -2.25. The number of nitrogens with zero attached hydrogens (tertiary/aromatic N) is 2. The van der Waals surface area contributed by atoms with Gasteiger partial charge in [0.1, 0.15) is 17.3 Å². The van der Waals surface area contributed by atoms with Crippen LogP contribution in [0, 0.1) is 5.82 Å². The van der Waals surface area contributed by atoms with Crippen LogP contribution >= 0.6 is 0 Å². The van der Waals surface area contributed by atoms with Gasteiger partial charge in [0.05, 0.1) is 30.7 Å². The first-order valence-corrected chi connectivity index (χ1v) is 6.29. The number of carboxylic acid groups (broad SMARTS) is 1. The van der Waals surface area contributed by atoms with Crippen molar-refractivity contribution in [1.29, 1.82) is 0 Å². The predicted molar refractivity (Wildman–Crippen MR) is 72.4 cm³/mol. The minimum absolute atomic E-state index is 0.167. The van der Waals surface area contributed by atoms with Gasteiger partial charge in [0.25, 0.3) is 0 Å². The van der Waals surface area contributed by atoms with E-state index in [4.69, 9.17) is 15.6 Å². The van der Waals surface area contributed by atoms with E-state index in [0.717, 1.165) is 11.8 Å². The van der Waals surface area contributed by atoms with Crippen molar-refractivity contribution < 1.29 is 19.0 Å². The number of benzene rings is 1. The summed E-state index contributed by atoms with van der Waals surface area (Å²) in [4.78, 5) is 19.3. The molecule has 0 aliphatic carbocycles. The first-order valence-electron chi connectivity index (χ1n) is 6.29. The Morgan fingerprint density at radius 3 is 2.76 bits per heavy atom. The van der Waals surface area contributed by atoms with Gasteiger partial charge in [0.15, 0.2) is 0 Å². The summed E-state index contributed by atoms with van der Waals surface area (Å²) >= 11 is 0. The molecule has 1 aliphatic rings.